The summed E-state index contributed by atoms with van der Waals surface area (Å²) in [4.78, 5) is 13.0. The van der Waals surface area contributed by atoms with Crippen molar-refractivity contribution >= 4 is 11.7 Å². The highest BCUT2D eigenvalue weighted by molar-refractivity contribution is 5.90. The Morgan fingerprint density at radius 2 is 1.85 bits per heavy atom. The van der Waals surface area contributed by atoms with Gasteiger partial charge in [-0.25, -0.2) is 0 Å². The lowest BCUT2D eigenvalue weighted by Crippen LogP contribution is -2.30. The summed E-state index contributed by atoms with van der Waals surface area (Å²) in [5, 5.41) is 7.85. The lowest BCUT2D eigenvalue weighted by atomic mass is 10.2. The van der Waals surface area contributed by atoms with E-state index in [9.17, 15) is 4.79 Å². The molecule has 20 heavy (non-hydrogen) atoms. The molecule has 0 fully saturated rings. The van der Waals surface area contributed by atoms with E-state index in [-0.39, 0.29) is 5.69 Å². The molecule has 1 aromatic carbocycles. The number of rotatable bonds is 6. The first-order valence-corrected chi connectivity index (χ1v) is 6.33. The third kappa shape index (κ3) is 3.52. The van der Waals surface area contributed by atoms with Crippen LogP contribution in [0.1, 0.15) is 16.1 Å². The Kier molecular flexibility index (Phi) is 4.62. The number of primary amides is 1. The van der Waals surface area contributed by atoms with Crippen LogP contribution < -0.4 is 16.4 Å². The molecule has 2 aromatic rings. The van der Waals surface area contributed by atoms with Gasteiger partial charge in [0.05, 0.1) is 0 Å². The average Bonchev–Trinajstić information content (AvgIpc) is 2.48. The van der Waals surface area contributed by atoms with Crippen LogP contribution in [0.2, 0.25) is 0 Å². The summed E-state index contributed by atoms with van der Waals surface area (Å²) in [6.45, 7) is 1.84. The maximum Gasteiger partial charge on any atom is 0.269 e. The van der Waals surface area contributed by atoms with Crippen LogP contribution in [-0.4, -0.2) is 29.2 Å². The molecule has 0 saturated heterocycles. The van der Waals surface area contributed by atoms with Crippen molar-refractivity contribution in [3.05, 3.63) is 53.7 Å². The van der Waals surface area contributed by atoms with E-state index < -0.39 is 5.91 Å². The summed E-state index contributed by atoms with van der Waals surface area (Å²) in [5.74, 6) is 0.0850. The summed E-state index contributed by atoms with van der Waals surface area (Å²) in [6, 6.07) is 13.3. The van der Waals surface area contributed by atoms with Gasteiger partial charge in [0.2, 0.25) is 0 Å². The zero-order valence-electron chi connectivity index (χ0n) is 11.1. The quantitative estimate of drug-likeness (QED) is 0.799. The number of hydrogen-bond acceptors (Lipinski definition) is 5. The van der Waals surface area contributed by atoms with Crippen molar-refractivity contribution in [3.8, 4) is 0 Å². The Balaban J connectivity index is 2.17. The van der Waals surface area contributed by atoms with E-state index in [2.05, 4.69) is 10.2 Å². The van der Waals surface area contributed by atoms with E-state index in [0.717, 1.165) is 5.56 Å². The summed E-state index contributed by atoms with van der Waals surface area (Å²) in [5.41, 5.74) is 12.1. The molecule has 0 spiro atoms. The number of hydrogen-bond donors (Lipinski definition) is 2. The standard InChI is InChI=1S/C14H17N5O/c15-8-9-19(10-11-4-2-1-3-5-11)13-7-6-12(14(16)20)17-18-13/h1-7H,8-10,15H2,(H2,16,20). The van der Waals surface area contributed by atoms with E-state index in [1.807, 2.05) is 35.2 Å². The van der Waals surface area contributed by atoms with Gasteiger partial charge in [-0.3, -0.25) is 4.79 Å². The van der Waals surface area contributed by atoms with Crippen LogP contribution >= 0.6 is 0 Å². The van der Waals surface area contributed by atoms with Crippen LogP contribution in [0, 0.1) is 0 Å². The first-order chi connectivity index (χ1) is 9.70. The van der Waals surface area contributed by atoms with Crippen molar-refractivity contribution in [2.24, 2.45) is 11.5 Å². The summed E-state index contributed by atoms with van der Waals surface area (Å²) >= 11 is 0. The molecule has 2 rings (SSSR count). The number of aromatic nitrogens is 2. The molecule has 0 atom stereocenters. The molecule has 4 N–H and O–H groups in total. The Hall–Kier alpha value is -2.47. The van der Waals surface area contributed by atoms with Crippen LogP contribution in [0.15, 0.2) is 42.5 Å². The minimum Gasteiger partial charge on any atom is -0.364 e. The fraction of sp³-hybridized carbons (Fsp3) is 0.214. The zero-order chi connectivity index (χ0) is 14.4. The highest BCUT2D eigenvalue weighted by atomic mass is 16.1. The van der Waals surface area contributed by atoms with Crippen molar-refractivity contribution in [1.82, 2.24) is 10.2 Å². The Morgan fingerprint density at radius 3 is 2.40 bits per heavy atom. The summed E-state index contributed by atoms with van der Waals surface area (Å²) < 4.78 is 0. The predicted octanol–water partition coefficient (Wildman–Crippen LogP) is 0.541. The van der Waals surface area contributed by atoms with Gasteiger partial charge >= 0.3 is 0 Å². The van der Waals surface area contributed by atoms with Crippen LogP contribution in [-0.2, 0) is 6.54 Å². The van der Waals surface area contributed by atoms with Crippen molar-refractivity contribution in [2.75, 3.05) is 18.0 Å². The lowest BCUT2D eigenvalue weighted by molar-refractivity contribution is 0.0994. The number of anilines is 1. The molecule has 0 bridgehead atoms. The second-order valence-corrected chi connectivity index (χ2v) is 4.34. The molecule has 0 unspecified atom stereocenters. The molecule has 0 aliphatic rings. The SMILES string of the molecule is NCCN(Cc1ccccc1)c1ccc(C(N)=O)nn1. The third-order valence-electron chi connectivity index (χ3n) is 2.84. The highest BCUT2D eigenvalue weighted by Gasteiger charge is 2.10. The second-order valence-electron chi connectivity index (χ2n) is 4.34. The molecule has 1 heterocycles. The monoisotopic (exact) mass is 271 g/mol. The van der Waals surface area contributed by atoms with E-state index >= 15 is 0 Å². The number of nitrogens with two attached hydrogens (primary N) is 2. The fourth-order valence-electron chi connectivity index (χ4n) is 1.86. The van der Waals surface area contributed by atoms with Gasteiger partial charge in [-0.15, -0.1) is 10.2 Å². The topological polar surface area (TPSA) is 98.1 Å². The first-order valence-electron chi connectivity index (χ1n) is 6.33. The molecule has 0 saturated carbocycles. The Bertz CT molecular complexity index is 556. The van der Waals surface area contributed by atoms with Gasteiger partial charge in [-0.05, 0) is 17.7 Å². The minimum atomic E-state index is -0.586. The van der Waals surface area contributed by atoms with Gasteiger partial charge in [0.15, 0.2) is 11.5 Å². The molecular weight excluding hydrogens is 254 g/mol. The average molecular weight is 271 g/mol. The van der Waals surface area contributed by atoms with E-state index in [4.69, 9.17) is 11.5 Å². The number of carbonyl (C=O) groups excluding carboxylic acids is 1. The molecule has 6 heteroatoms. The largest absolute Gasteiger partial charge is 0.364 e. The smallest absolute Gasteiger partial charge is 0.269 e. The van der Waals surface area contributed by atoms with Gasteiger partial charge in [-0.2, -0.15) is 0 Å². The fourth-order valence-corrected chi connectivity index (χ4v) is 1.86. The van der Waals surface area contributed by atoms with Crippen LogP contribution in [0.25, 0.3) is 0 Å². The second kappa shape index (κ2) is 6.63. The number of benzene rings is 1. The van der Waals surface area contributed by atoms with Crippen LogP contribution in [0.3, 0.4) is 0 Å². The lowest BCUT2D eigenvalue weighted by Gasteiger charge is -2.22. The van der Waals surface area contributed by atoms with Gasteiger partial charge in [0.25, 0.3) is 5.91 Å². The number of amides is 1. The van der Waals surface area contributed by atoms with Gasteiger partial charge < -0.3 is 16.4 Å². The van der Waals surface area contributed by atoms with E-state index in [0.29, 0.717) is 25.5 Å². The molecule has 1 amide bonds. The van der Waals surface area contributed by atoms with Gasteiger partial charge in [0.1, 0.15) is 0 Å². The molecular formula is C14H17N5O. The van der Waals surface area contributed by atoms with Crippen molar-refractivity contribution in [3.63, 3.8) is 0 Å². The maximum absolute atomic E-state index is 11.0. The molecule has 0 aliphatic heterocycles. The van der Waals surface area contributed by atoms with Crippen molar-refractivity contribution in [2.45, 2.75) is 6.54 Å². The number of carbonyl (C=O) groups is 1. The number of nitrogens with zero attached hydrogens (tertiary/aromatic N) is 3. The zero-order valence-corrected chi connectivity index (χ0v) is 11.1. The molecule has 6 nitrogen and oxygen atoms in total. The molecule has 0 aliphatic carbocycles. The van der Waals surface area contributed by atoms with E-state index in [1.54, 1.807) is 12.1 Å². The molecule has 104 valence electrons. The Labute approximate surface area is 117 Å². The molecule has 0 radical (unpaired) electrons. The summed E-state index contributed by atoms with van der Waals surface area (Å²) in [7, 11) is 0. The van der Waals surface area contributed by atoms with Crippen LogP contribution in [0.4, 0.5) is 5.82 Å². The summed E-state index contributed by atoms with van der Waals surface area (Å²) in [6.07, 6.45) is 0. The van der Waals surface area contributed by atoms with Crippen molar-refractivity contribution in [1.29, 1.82) is 0 Å². The highest BCUT2D eigenvalue weighted by Crippen LogP contribution is 2.13. The normalized spacial score (nSPS) is 10.2. The minimum absolute atomic E-state index is 0.154. The first kappa shape index (κ1) is 14.0. The maximum atomic E-state index is 11.0. The Morgan fingerprint density at radius 1 is 1.10 bits per heavy atom. The van der Waals surface area contributed by atoms with Gasteiger partial charge in [0, 0.05) is 19.6 Å². The van der Waals surface area contributed by atoms with Gasteiger partial charge in [-0.1, -0.05) is 30.3 Å². The third-order valence-corrected chi connectivity index (χ3v) is 2.84. The predicted molar refractivity (Wildman–Crippen MR) is 77.1 cm³/mol. The molecule has 1 aromatic heterocycles. The van der Waals surface area contributed by atoms with E-state index in [1.165, 1.54) is 0 Å². The van der Waals surface area contributed by atoms with Crippen molar-refractivity contribution < 1.29 is 4.79 Å². The van der Waals surface area contributed by atoms with Crippen LogP contribution in [0.5, 0.6) is 0 Å².